The lowest BCUT2D eigenvalue weighted by molar-refractivity contribution is -0.116. The van der Waals surface area contributed by atoms with Crippen molar-refractivity contribution in [2.75, 3.05) is 34.5 Å². The minimum absolute atomic E-state index is 0.0458. The normalized spacial score (nSPS) is 10.3. The van der Waals surface area contributed by atoms with E-state index in [1.165, 1.54) is 19.2 Å². The number of ether oxygens (including phenoxy) is 1. The molecule has 0 bridgehead atoms. The molecular weight excluding hydrogens is 468 g/mol. The number of para-hydroxylation sites is 2. The van der Waals surface area contributed by atoms with Crippen molar-refractivity contribution in [1.29, 1.82) is 0 Å². The predicted molar refractivity (Wildman–Crippen MR) is 140 cm³/mol. The molecule has 9 nitrogen and oxygen atoms in total. The number of aromatic nitrogens is 2. The van der Waals surface area contributed by atoms with Crippen LogP contribution in [0.15, 0.2) is 61.3 Å². The van der Waals surface area contributed by atoms with Crippen molar-refractivity contribution in [1.82, 2.24) is 9.97 Å². The fourth-order valence-corrected chi connectivity index (χ4v) is 3.48. The molecule has 2 amide bonds. The average Bonchev–Trinajstić information content (AvgIpc) is 2.86. The Balaban J connectivity index is 1.78. The van der Waals surface area contributed by atoms with Gasteiger partial charge in [-0.3, -0.25) is 9.59 Å². The number of hydrogen-bond acceptors (Lipinski definition) is 7. The summed E-state index contributed by atoms with van der Waals surface area (Å²) in [5.74, 6) is 1.08. The van der Waals surface area contributed by atoms with Crippen LogP contribution in [0.25, 0.3) is 0 Å². The summed E-state index contributed by atoms with van der Waals surface area (Å²) in [6.45, 7) is 7.76. The van der Waals surface area contributed by atoms with Crippen molar-refractivity contribution in [3.63, 3.8) is 0 Å². The van der Waals surface area contributed by atoms with E-state index in [0.29, 0.717) is 46.9 Å². The molecule has 0 aliphatic rings. The molecular formula is C25H27ClN6O3. The highest BCUT2D eigenvalue weighted by Gasteiger charge is 2.14. The lowest BCUT2D eigenvalue weighted by Crippen LogP contribution is -2.27. The van der Waals surface area contributed by atoms with Crippen LogP contribution in [-0.2, 0) is 16.1 Å². The first-order chi connectivity index (χ1) is 16.9. The zero-order valence-electron chi connectivity index (χ0n) is 19.8. The van der Waals surface area contributed by atoms with E-state index in [0.717, 1.165) is 11.4 Å². The van der Waals surface area contributed by atoms with Crippen LogP contribution in [0, 0.1) is 0 Å². The lowest BCUT2D eigenvalue weighted by Gasteiger charge is -2.21. The van der Waals surface area contributed by atoms with Crippen molar-refractivity contribution in [2.24, 2.45) is 0 Å². The molecule has 3 aromatic rings. The van der Waals surface area contributed by atoms with Crippen molar-refractivity contribution in [2.45, 2.75) is 20.4 Å². The van der Waals surface area contributed by atoms with Gasteiger partial charge in [-0.25, -0.2) is 9.97 Å². The molecule has 10 heteroatoms. The molecule has 0 aliphatic carbocycles. The molecule has 0 fully saturated rings. The van der Waals surface area contributed by atoms with Gasteiger partial charge in [0.1, 0.15) is 16.6 Å². The molecule has 0 unspecified atom stereocenters. The summed E-state index contributed by atoms with van der Waals surface area (Å²) in [5.41, 5.74) is 2.65. The SMILES string of the molecule is C=CC(=O)Nc1ccccc1Nc1nc(CNc2ccc(N(CC)C(C)=O)cc2OC)ncc1Cl. The molecule has 0 radical (unpaired) electrons. The predicted octanol–water partition coefficient (Wildman–Crippen LogP) is 4.99. The van der Waals surface area contributed by atoms with Gasteiger partial charge in [0.25, 0.3) is 0 Å². The van der Waals surface area contributed by atoms with Crippen LogP contribution in [-0.4, -0.2) is 35.4 Å². The molecule has 2 aromatic carbocycles. The molecule has 0 atom stereocenters. The smallest absolute Gasteiger partial charge is 0.247 e. The minimum Gasteiger partial charge on any atom is -0.495 e. The summed E-state index contributed by atoms with van der Waals surface area (Å²) < 4.78 is 5.51. The third kappa shape index (κ3) is 6.48. The molecule has 1 aromatic heterocycles. The van der Waals surface area contributed by atoms with E-state index >= 15 is 0 Å². The van der Waals surface area contributed by atoms with Crippen molar-refractivity contribution >= 4 is 52.0 Å². The molecule has 3 rings (SSSR count). The van der Waals surface area contributed by atoms with Gasteiger partial charge in [0, 0.05) is 25.2 Å². The molecule has 3 N–H and O–H groups in total. The van der Waals surface area contributed by atoms with E-state index in [1.807, 2.05) is 25.1 Å². The number of amides is 2. The Labute approximate surface area is 209 Å². The van der Waals surface area contributed by atoms with Crippen LogP contribution >= 0.6 is 11.6 Å². The molecule has 0 saturated carbocycles. The van der Waals surface area contributed by atoms with E-state index < -0.39 is 0 Å². The van der Waals surface area contributed by atoms with E-state index in [4.69, 9.17) is 16.3 Å². The van der Waals surface area contributed by atoms with Crippen LogP contribution in [0.4, 0.5) is 28.6 Å². The molecule has 0 spiro atoms. The van der Waals surface area contributed by atoms with Crippen LogP contribution in [0.5, 0.6) is 5.75 Å². The summed E-state index contributed by atoms with van der Waals surface area (Å²) in [5, 5.41) is 9.47. The number of halogens is 1. The Kier molecular flexibility index (Phi) is 8.63. The summed E-state index contributed by atoms with van der Waals surface area (Å²) in [4.78, 5) is 34.1. The van der Waals surface area contributed by atoms with Crippen LogP contribution < -0.4 is 25.6 Å². The number of methoxy groups -OCH3 is 1. The number of nitrogens with zero attached hydrogens (tertiary/aromatic N) is 3. The van der Waals surface area contributed by atoms with Gasteiger partial charge in [0.05, 0.1) is 36.9 Å². The second-order valence-corrected chi connectivity index (χ2v) is 7.76. The zero-order valence-corrected chi connectivity index (χ0v) is 20.5. The van der Waals surface area contributed by atoms with E-state index in [1.54, 1.807) is 36.3 Å². The highest BCUT2D eigenvalue weighted by atomic mass is 35.5. The number of anilines is 5. The number of hydrogen-bond donors (Lipinski definition) is 3. The Morgan fingerprint density at radius 2 is 1.91 bits per heavy atom. The standard InChI is InChI=1S/C25H27ClN6O3/c1-5-24(34)29-19-9-7-8-10-20(19)30-25-18(26)14-28-23(31-25)15-27-21-12-11-17(13-22(21)35-4)32(6-2)16(3)33/h5,7-14,27H,1,6,15H2,2-4H3,(H,29,34)(H,28,30,31). The van der Waals surface area contributed by atoms with Gasteiger partial charge in [-0.15, -0.1) is 0 Å². The van der Waals surface area contributed by atoms with Gasteiger partial charge in [-0.2, -0.15) is 0 Å². The van der Waals surface area contributed by atoms with E-state index in [2.05, 4.69) is 32.5 Å². The first-order valence-corrected chi connectivity index (χ1v) is 11.2. The van der Waals surface area contributed by atoms with Crippen LogP contribution in [0.1, 0.15) is 19.7 Å². The molecule has 0 saturated heterocycles. The highest BCUT2D eigenvalue weighted by Crippen LogP contribution is 2.31. The Morgan fingerprint density at radius 3 is 2.57 bits per heavy atom. The average molecular weight is 495 g/mol. The van der Waals surface area contributed by atoms with Gasteiger partial charge in [0.15, 0.2) is 5.82 Å². The molecule has 0 aliphatic heterocycles. The fraction of sp³-hybridized carbons (Fsp3) is 0.200. The summed E-state index contributed by atoms with van der Waals surface area (Å²) >= 11 is 6.32. The number of nitrogens with one attached hydrogen (secondary N) is 3. The number of benzene rings is 2. The largest absolute Gasteiger partial charge is 0.495 e. The number of carbonyl (C=O) groups is 2. The molecule has 1 heterocycles. The van der Waals surface area contributed by atoms with Gasteiger partial charge in [-0.1, -0.05) is 30.3 Å². The van der Waals surface area contributed by atoms with Crippen LogP contribution in [0.2, 0.25) is 5.02 Å². The molecule has 35 heavy (non-hydrogen) atoms. The second-order valence-electron chi connectivity index (χ2n) is 7.35. The van der Waals surface area contributed by atoms with Gasteiger partial charge < -0.3 is 25.6 Å². The van der Waals surface area contributed by atoms with Gasteiger partial charge >= 0.3 is 0 Å². The first kappa shape index (κ1) is 25.5. The minimum atomic E-state index is -0.330. The maximum absolute atomic E-state index is 11.9. The van der Waals surface area contributed by atoms with Crippen LogP contribution in [0.3, 0.4) is 0 Å². The van der Waals surface area contributed by atoms with E-state index in [9.17, 15) is 9.59 Å². The third-order valence-corrected chi connectivity index (χ3v) is 5.32. The Hall–Kier alpha value is -4.11. The lowest BCUT2D eigenvalue weighted by atomic mass is 10.2. The van der Waals surface area contributed by atoms with Crippen molar-refractivity contribution < 1.29 is 14.3 Å². The van der Waals surface area contributed by atoms with Gasteiger partial charge in [0.2, 0.25) is 11.8 Å². The number of rotatable bonds is 10. The van der Waals surface area contributed by atoms with Gasteiger partial charge in [-0.05, 0) is 37.3 Å². The monoisotopic (exact) mass is 494 g/mol. The fourth-order valence-electron chi connectivity index (χ4n) is 3.34. The summed E-state index contributed by atoms with van der Waals surface area (Å²) in [6, 6.07) is 12.7. The quantitative estimate of drug-likeness (QED) is 0.340. The Morgan fingerprint density at radius 1 is 1.17 bits per heavy atom. The Bertz CT molecular complexity index is 1230. The summed E-state index contributed by atoms with van der Waals surface area (Å²) in [7, 11) is 1.57. The number of carbonyl (C=O) groups excluding carboxylic acids is 2. The highest BCUT2D eigenvalue weighted by molar-refractivity contribution is 6.32. The molecule has 182 valence electrons. The maximum Gasteiger partial charge on any atom is 0.247 e. The van der Waals surface area contributed by atoms with Crippen molar-refractivity contribution in [3.05, 3.63) is 72.2 Å². The summed E-state index contributed by atoms with van der Waals surface area (Å²) in [6.07, 6.45) is 2.70. The second kappa shape index (κ2) is 11.8. The van der Waals surface area contributed by atoms with Crippen molar-refractivity contribution in [3.8, 4) is 5.75 Å². The van der Waals surface area contributed by atoms with E-state index in [-0.39, 0.29) is 11.8 Å². The zero-order chi connectivity index (χ0) is 25.4. The third-order valence-electron chi connectivity index (χ3n) is 5.05. The topological polar surface area (TPSA) is 108 Å². The maximum atomic E-state index is 11.9. The first-order valence-electron chi connectivity index (χ1n) is 10.9.